The van der Waals surface area contributed by atoms with E-state index in [0.29, 0.717) is 12.7 Å². The first-order chi connectivity index (χ1) is 8.10. The number of carbonyl (C=O) groups is 2. The lowest BCUT2D eigenvalue weighted by Crippen LogP contribution is -2.05. The molecule has 0 aliphatic rings. The van der Waals surface area contributed by atoms with Crippen molar-refractivity contribution in [3.8, 4) is 0 Å². The fourth-order valence-electron chi connectivity index (χ4n) is 1.44. The number of hydrogen-bond acceptors (Lipinski definition) is 3. The first-order valence-corrected chi connectivity index (χ1v) is 5.10. The number of methoxy groups -OCH3 is 1. The standard InChI is InChI=1S/C12H12F2O3/c1-17-12(16)8-6-10(13)9(11(14)7-8)4-2-3-5-15/h5-7H,2-4H2,1H3. The molecule has 0 aromatic heterocycles. The lowest BCUT2D eigenvalue weighted by molar-refractivity contribution is -0.107. The topological polar surface area (TPSA) is 43.4 Å². The molecular weight excluding hydrogens is 230 g/mol. The smallest absolute Gasteiger partial charge is 0.338 e. The van der Waals surface area contributed by atoms with Crippen LogP contribution in [0.1, 0.15) is 28.8 Å². The Hall–Kier alpha value is -1.78. The third kappa shape index (κ3) is 3.34. The zero-order chi connectivity index (χ0) is 12.8. The van der Waals surface area contributed by atoms with Gasteiger partial charge >= 0.3 is 5.97 Å². The van der Waals surface area contributed by atoms with E-state index in [1.54, 1.807) is 0 Å². The van der Waals surface area contributed by atoms with Crippen molar-refractivity contribution in [2.45, 2.75) is 19.3 Å². The average Bonchev–Trinajstić information content (AvgIpc) is 2.31. The molecule has 3 nitrogen and oxygen atoms in total. The Labute approximate surface area is 97.4 Å². The summed E-state index contributed by atoms with van der Waals surface area (Å²) in [6.07, 6.45) is 1.43. The summed E-state index contributed by atoms with van der Waals surface area (Å²) in [6, 6.07) is 1.87. The van der Waals surface area contributed by atoms with Crippen LogP contribution in [0.25, 0.3) is 0 Å². The molecule has 0 saturated carbocycles. The van der Waals surface area contributed by atoms with Crippen molar-refractivity contribution in [3.63, 3.8) is 0 Å². The summed E-state index contributed by atoms with van der Waals surface area (Å²) in [4.78, 5) is 21.2. The Morgan fingerprint density at radius 3 is 2.41 bits per heavy atom. The van der Waals surface area contributed by atoms with Crippen molar-refractivity contribution in [3.05, 3.63) is 34.9 Å². The third-order valence-corrected chi connectivity index (χ3v) is 2.31. The quantitative estimate of drug-likeness (QED) is 0.452. The second-order valence-electron chi connectivity index (χ2n) is 3.47. The second kappa shape index (κ2) is 6.08. The molecule has 17 heavy (non-hydrogen) atoms. The van der Waals surface area contributed by atoms with Crippen molar-refractivity contribution in [1.82, 2.24) is 0 Å². The van der Waals surface area contributed by atoms with Gasteiger partial charge in [-0.2, -0.15) is 0 Å². The van der Waals surface area contributed by atoms with Crippen LogP contribution in [0.15, 0.2) is 12.1 Å². The fourth-order valence-corrected chi connectivity index (χ4v) is 1.44. The Morgan fingerprint density at radius 2 is 1.94 bits per heavy atom. The Kier molecular flexibility index (Phi) is 4.75. The van der Waals surface area contributed by atoms with Gasteiger partial charge < -0.3 is 9.53 Å². The molecule has 5 heteroatoms. The first kappa shape index (κ1) is 13.3. The van der Waals surface area contributed by atoms with Gasteiger partial charge in [-0.1, -0.05) is 0 Å². The van der Waals surface area contributed by atoms with Crippen LogP contribution in [0.4, 0.5) is 8.78 Å². The maximum absolute atomic E-state index is 13.5. The van der Waals surface area contributed by atoms with Crippen LogP contribution in [0.2, 0.25) is 0 Å². The highest BCUT2D eigenvalue weighted by Gasteiger charge is 2.15. The minimum absolute atomic E-state index is 0.112. The van der Waals surface area contributed by atoms with E-state index >= 15 is 0 Å². The number of halogens is 2. The number of benzene rings is 1. The van der Waals surface area contributed by atoms with Gasteiger partial charge in [-0.15, -0.1) is 0 Å². The zero-order valence-corrected chi connectivity index (χ0v) is 9.33. The molecule has 0 bridgehead atoms. The molecular formula is C12H12F2O3. The van der Waals surface area contributed by atoms with Crippen molar-refractivity contribution < 1.29 is 23.1 Å². The lowest BCUT2D eigenvalue weighted by Gasteiger charge is -2.06. The highest BCUT2D eigenvalue weighted by molar-refractivity contribution is 5.89. The van der Waals surface area contributed by atoms with Gasteiger partial charge in [-0.05, 0) is 25.0 Å². The number of aldehydes is 1. The Morgan fingerprint density at radius 1 is 1.35 bits per heavy atom. The van der Waals surface area contributed by atoms with E-state index in [9.17, 15) is 18.4 Å². The molecule has 92 valence electrons. The van der Waals surface area contributed by atoms with Crippen molar-refractivity contribution in [2.24, 2.45) is 0 Å². The molecule has 0 aliphatic heterocycles. The maximum Gasteiger partial charge on any atom is 0.338 e. The molecule has 0 aliphatic carbocycles. The van der Waals surface area contributed by atoms with Gasteiger partial charge in [0.1, 0.15) is 17.9 Å². The number of rotatable bonds is 5. The van der Waals surface area contributed by atoms with E-state index in [2.05, 4.69) is 4.74 Å². The van der Waals surface area contributed by atoms with Gasteiger partial charge in [0.15, 0.2) is 0 Å². The molecule has 0 radical (unpaired) electrons. The Balaban J connectivity index is 2.93. The van der Waals surface area contributed by atoms with E-state index < -0.39 is 17.6 Å². The van der Waals surface area contributed by atoms with Gasteiger partial charge in [-0.3, -0.25) is 0 Å². The highest BCUT2D eigenvalue weighted by atomic mass is 19.1. The lowest BCUT2D eigenvalue weighted by atomic mass is 10.0. The van der Waals surface area contributed by atoms with E-state index in [1.165, 1.54) is 0 Å². The molecule has 0 amide bonds. The van der Waals surface area contributed by atoms with E-state index in [-0.39, 0.29) is 24.0 Å². The molecule has 1 rings (SSSR count). The highest BCUT2D eigenvalue weighted by Crippen LogP contribution is 2.18. The van der Waals surface area contributed by atoms with Crippen LogP contribution in [-0.2, 0) is 16.0 Å². The normalized spacial score (nSPS) is 10.1. The molecule has 1 aromatic carbocycles. The van der Waals surface area contributed by atoms with Crippen LogP contribution in [0, 0.1) is 11.6 Å². The number of esters is 1. The minimum atomic E-state index is -0.795. The molecule has 0 atom stereocenters. The van der Waals surface area contributed by atoms with Crippen LogP contribution >= 0.6 is 0 Å². The number of hydrogen-bond donors (Lipinski definition) is 0. The fraction of sp³-hybridized carbons (Fsp3) is 0.333. The van der Waals surface area contributed by atoms with Crippen LogP contribution in [0.5, 0.6) is 0 Å². The van der Waals surface area contributed by atoms with Gasteiger partial charge in [0.25, 0.3) is 0 Å². The van der Waals surface area contributed by atoms with E-state index in [4.69, 9.17) is 0 Å². The summed E-state index contributed by atoms with van der Waals surface area (Å²) in [5.41, 5.74) is -0.277. The third-order valence-electron chi connectivity index (χ3n) is 2.31. The molecule has 0 fully saturated rings. The maximum atomic E-state index is 13.5. The molecule has 0 spiro atoms. The van der Waals surface area contributed by atoms with Crippen molar-refractivity contribution in [1.29, 1.82) is 0 Å². The molecule has 0 heterocycles. The number of unbranched alkanes of at least 4 members (excludes halogenated alkanes) is 1. The minimum Gasteiger partial charge on any atom is -0.465 e. The Bertz CT molecular complexity index is 407. The van der Waals surface area contributed by atoms with E-state index in [0.717, 1.165) is 19.2 Å². The molecule has 0 unspecified atom stereocenters. The van der Waals surface area contributed by atoms with Crippen LogP contribution < -0.4 is 0 Å². The van der Waals surface area contributed by atoms with Crippen molar-refractivity contribution in [2.75, 3.05) is 7.11 Å². The van der Waals surface area contributed by atoms with Gasteiger partial charge in [0, 0.05) is 12.0 Å². The van der Waals surface area contributed by atoms with Crippen LogP contribution in [0.3, 0.4) is 0 Å². The van der Waals surface area contributed by atoms with Gasteiger partial charge in [-0.25, -0.2) is 13.6 Å². The summed E-state index contributed by atoms with van der Waals surface area (Å²) in [7, 11) is 1.14. The summed E-state index contributed by atoms with van der Waals surface area (Å²) < 4.78 is 31.4. The van der Waals surface area contributed by atoms with Crippen LogP contribution in [-0.4, -0.2) is 19.4 Å². The monoisotopic (exact) mass is 242 g/mol. The zero-order valence-electron chi connectivity index (χ0n) is 9.33. The van der Waals surface area contributed by atoms with Crippen molar-refractivity contribution >= 4 is 12.3 Å². The average molecular weight is 242 g/mol. The second-order valence-corrected chi connectivity index (χ2v) is 3.47. The van der Waals surface area contributed by atoms with Gasteiger partial charge in [0.05, 0.1) is 12.7 Å². The molecule has 0 saturated heterocycles. The predicted molar refractivity (Wildman–Crippen MR) is 56.7 cm³/mol. The van der Waals surface area contributed by atoms with Gasteiger partial charge in [0.2, 0.25) is 0 Å². The summed E-state index contributed by atoms with van der Waals surface area (Å²) in [5.74, 6) is -2.38. The summed E-state index contributed by atoms with van der Waals surface area (Å²) in [5, 5.41) is 0. The summed E-state index contributed by atoms with van der Waals surface area (Å²) in [6.45, 7) is 0. The molecule has 0 N–H and O–H groups in total. The largest absolute Gasteiger partial charge is 0.465 e. The first-order valence-electron chi connectivity index (χ1n) is 5.10. The number of carbonyl (C=O) groups excluding carboxylic acids is 2. The molecule has 1 aromatic rings. The SMILES string of the molecule is COC(=O)c1cc(F)c(CCCC=O)c(F)c1. The summed E-state index contributed by atoms with van der Waals surface area (Å²) >= 11 is 0. The predicted octanol–water partition coefficient (Wildman–Crippen LogP) is 2.27. The number of ether oxygens (including phenoxy) is 1. The van der Waals surface area contributed by atoms with E-state index in [1.807, 2.05) is 0 Å².